The van der Waals surface area contributed by atoms with Crippen molar-refractivity contribution in [3.05, 3.63) is 23.8 Å². The highest BCUT2D eigenvalue weighted by atomic mass is 28.3. The summed E-state index contributed by atoms with van der Waals surface area (Å²) >= 11 is 0. The van der Waals surface area contributed by atoms with Gasteiger partial charge in [0, 0.05) is 32.1 Å². The van der Waals surface area contributed by atoms with Gasteiger partial charge in [-0.25, -0.2) is 0 Å². The average Bonchev–Trinajstić information content (AvgIpc) is 2.36. The van der Waals surface area contributed by atoms with Crippen LogP contribution < -0.4 is 10.8 Å². The molecule has 1 aromatic carbocycles. The topological polar surface area (TPSA) is 85.6 Å². The first-order valence-corrected chi connectivity index (χ1v) is 10.4. The Kier molecular flexibility index (Phi) is 6.41. The van der Waals surface area contributed by atoms with E-state index in [1.807, 2.05) is 0 Å². The number of hydrogen-bond donors (Lipinski definition) is 4. The summed E-state index contributed by atoms with van der Waals surface area (Å²) in [5, 5.41) is 29.0. The lowest BCUT2D eigenvalue weighted by Crippen LogP contribution is -2.33. The monoisotopic (exact) mass is 294 g/mol. The predicted octanol–water partition coefficient (Wildman–Crippen LogP) is 1.09. The van der Waals surface area contributed by atoms with E-state index >= 15 is 0 Å². The molecule has 7 heteroatoms. The van der Waals surface area contributed by atoms with Crippen molar-refractivity contribution in [1.29, 1.82) is 5.41 Å². The van der Waals surface area contributed by atoms with E-state index in [1.54, 1.807) is 18.2 Å². The maximum atomic E-state index is 9.26. The fourth-order valence-electron chi connectivity index (χ4n) is 1.70. The number of hydrogen-bond acceptors (Lipinski definition) is 5. The van der Waals surface area contributed by atoms with Gasteiger partial charge in [0.05, 0.1) is 0 Å². The summed E-state index contributed by atoms with van der Waals surface area (Å²) in [7, 11) is -2.67. The molecule has 20 heavy (non-hydrogen) atoms. The molecule has 0 aliphatic rings. The van der Waals surface area contributed by atoms with Gasteiger partial charge in [-0.1, -0.05) is 31.8 Å². The fraction of sp³-hybridized carbons (Fsp3) is 0.462. The van der Waals surface area contributed by atoms with E-state index in [9.17, 15) is 10.0 Å². The van der Waals surface area contributed by atoms with E-state index in [0.717, 1.165) is 12.3 Å². The Hall–Kier alpha value is -1.15. The summed E-state index contributed by atoms with van der Waals surface area (Å²) in [6, 6.07) is 6.18. The third-order valence-corrected chi connectivity index (χ3v) is 4.63. The van der Waals surface area contributed by atoms with Gasteiger partial charge in [-0.2, -0.15) is 0 Å². The Morgan fingerprint density at radius 3 is 2.60 bits per heavy atom. The third kappa shape index (κ3) is 5.46. The first-order valence-electron chi connectivity index (χ1n) is 6.66. The lowest BCUT2D eigenvalue weighted by molar-refractivity contribution is 0.166. The van der Waals surface area contributed by atoms with Crippen molar-refractivity contribution in [2.75, 3.05) is 18.7 Å². The lowest BCUT2D eigenvalue weighted by Gasteiger charge is -2.16. The largest absolute Gasteiger partial charge is 0.489 e. The van der Waals surface area contributed by atoms with Crippen molar-refractivity contribution in [2.45, 2.75) is 25.7 Å². The van der Waals surface area contributed by atoms with Gasteiger partial charge in [0.2, 0.25) is 0 Å². The van der Waals surface area contributed by atoms with Crippen molar-refractivity contribution < 1.29 is 14.8 Å². The molecule has 1 aromatic rings. The van der Waals surface area contributed by atoms with E-state index in [1.165, 1.54) is 0 Å². The van der Waals surface area contributed by atoms with Crippen molar-refractivity contribution in [1.82, 2.24) is 0 Å². The van der Waals surface area contributed by atoms with Gasteiger partial charge in [-0.15, -0.1) is 0 Å². The second-order valence-electron chi connectivity index (χ2n) is 5.87. The van der Waals surface area contributed by atoms with Crippen molar-refractivity contribution in [3.63, 3.8) is 0 Å². The Balaban J connectivity index is 2.56. The average molecular weight is 294 g/mol. The standard InChI is InChI=1S/C13H23BN2O3Si/c1-20(2,3)8-7-19-10-16-13-6-4-5-12(14(17)18)11(13)9-15/h4-6,9,15-18H,7-8,10H2,1-3H3. The van der Waals surface area contributed by atoms with E-state index in [-0.39, 0.29) is 0 Å². The molecule has 110 valence electrons. The minimum atomic E-state index is -1.58. The predicted molar refractivity (Wildman–Crippen MR) is 86.7 cm³/mol. The molecular weight excluding hydrogens is 271 g/mol. The van der Waals surface area contributed by atoms with Crippen molar-refractivity contribution >= 4 is 32.6 Å². The molecule has 5 nitrogen and oxygen atoms in total. The number of ether oxygens (including phenoxy) is 1. The summed E-state index contributed by atoms with van der Waals surface area (Å²) in [5.41, 5.74) is 1.45. The molecule has 0 unspecified atom stereocenters. The van der Waals surface area contributed by atoms with Crippen LogP contribution in [0.25, 0.3) is 0 Å². The maximum Gasteiger partial charge on any atom is 0.489 e. The Labute approximate surface area is 121 Å². The van der Waals surface area contributed by atoms with Crippen LogP contribution in [-0.2, 0) is 4.74 Å². The normalized spacial score (nSPS) is 11.2. The molecule has 0 aromatic heterocycles. The van der Waals surface area contributed by atoms with Crippen molar-refractivity contribution in [2.24, 2.45) is 0 Å². The maximum absolute atomic E-state index is 9.26. The minimum absolute atomic E-state index is 0.312. The molecule has 0 amide bonds. The van der Waals surface area contributed by atoms with Gasteiger partial charge in [-0.05, 0) is 17.6 Å². The molecule has 0 saturated carbocycles. The molecule has 1 rings (SSSR count). The number of anilines is 1. The van der Waals surface area contributed by atoms with Crippen LogP contribution in [0.15, 0.2) is 18.2 Å². The molecule has 0 saturated heterocycles. The van der Waals surface area contributed by atoms with Crippen LogP contribution in [0.1, 0.15) is 5.56 Å². The Morgan fingerprint density at radius 1 is 1.35 bits per heavy atom. The van der Waals surface area contributed by atoms with E-state index in [4.69, 9.17) is 10.1 Å². The van der Waals surface area contributed by atoms with Gasteiger partial charge in [0.15, 0.2) is 0 Å². The number of nitrogens with one attached hydrogen (secondary N) is 2. The lowest BCUT2D eigenvalue weighted by atomic mass is 9.77. The molecular formula is C13H23BN2O3Si. The van der Waals surface area contributed by atoms with Gasteiger partial charge in [0.25, 0.3) is 0 Å². The number of benzene rings is 1. The molecule has 0 radical (unpaired) electrons. The molecule has 0 atom stereocenters. The highest BCUT2D eigenvalue weighted by Gasteiger charge is 2.17. The van der Waals surface area contributed by atoms with Crippen LogP contribution in [0, 0.1) is 5.41 Å². The zero-order chi connectivity index (χ0) is 15.2. The molecule has 0 fully saturated rings. The van der Waals surface area contributed by atoms with Gasteiger partial charge >= 0.3 is 7.12 Å². The first kappa shape index (κ1) is 16.9. The number of rotatable bonds is 8. The molecule has 0 heterocycles. The van der Waals surface area contributed by atoms with Crippen LogP contribution >= 0.6 is 0 Å². The smallest absolute Gasteiger partial charge is 0.423 e. The minimum Gasteiger partial charge on any atom is -0.423 e. The van der Waals surface area contributed by atoms with E-state index in [0.29, 0.717) is 30.1 Å². The molecule has 0 aliphatic heterocycles. The quantitative estimate of drug-likeness (QED) is 0.250. The third-order valence-electron chi connectivity index (χ3n) is 2.92. The summed E-state index contributed by atoms with van der Waals surface area (Å²) in [5.74, 6) is 0. The van der Waals surface area contributed by atoms with E-state index in [2.05, 4.69) is 25.0 Å². The first-order chi connectivity index (χ1) is 9.35. The van der Waals surface area contributed by atoms with Gasteiger partial charge < -0.3 is 25.5 Å². The second kappa shape index (κ2) is 7.59. The van der Waals surface area contributed by atoms with Crippen molar-refractivity contribution in [3.8, 4) is 0 Å². The Bertz CT molecular complexity index is 450. The van der Waals surface area contributed by atoms with Crippen LogP contribution in [0.2, 0.25) is 25.7 Å². The van der Waals surface area contributed by atoms with E-state index < -0.39 is 15.2 Å². The van der Waals surface area contributed by atoms with Crippen LogP contribution in [-0.4, -0.2) is 44.8 Å². The second-order valence-corrected chi connectivity index (χ2v) is 11.5. The molecule has 4 N–H and O–H groups in total. The SMILES string of the molecule is C[Si](C)(C)CCOCNc1cccc(B(O)O)c1C=N. The zero-order valence-electron chi connectivity index (χ0n) is 12.3. The van der Waals surface area contributed by atoms with Crippen LogP contribution in [0.5, 0.6) is 0 Å². The molecule has 0 bridgehead atoms. The summed E-state index contributed by atoms with van der Waals surface area (Å²) in [6.07, 6.45) is 1.11. The highest BCUT2D eigenvalue weighted by Crippen LogP contribution is 2.12. The highest BCUT2D eigenvalue weighted by molar-refractivity contribution is 6.76. The zero-order valence-corrected chi connectivity index (χ0v) is 13.3. The van der Waals surface area contributed by atoms with Crippen LogP contribution in [0.4, 0.5) is 5.69 Å². The van der Waals surface area contributed by atoms with Gasteiger partial charge in [0.1, 0.15) is 6.73 Å². The van der Waals surface area contributed by atoms with Crippen LogP contribution in [0.3, 0.4) is 0 Å². The molecule has 0 spiro atoms. The molecule has 0 aliphatic carbocycles. The summed E-state index contributed by atoms with van der Waals surface area (Å²) < 4.78 is 5.54. The fourth-order valence-corrected chi connectivity index (χ4v) is 2.46. The Morgan fingerprint density at radius 2 is 2.05 bits per heavy atom. The summed E-state index contributed by atoms with van der Waals surface area (Å²) in [4.78, 5) is 0. The summed E-state index contributed by atoms with van der Waals surface area (Å²) in [6.45, 7) is 7.94. The van der Waals surface area contributed by atoms with Gasteiger partial charge in [-0.3, -0.25) is 0 Å².